The zero-order valence-corrected chi connectivity index (χ0v) is 9.07. The Hall–Kier alpha value is -2.13. The molecule has 0 spiro atoms. The van der Waals surface area contributed by atoms with E-state index in [0.717, 1.165) is 6.07 Å². The fourth-order valence-electron chi connectivity index (χ4n) is 1.16. The highest BCUT2D eigenvalue weighted by atomic mass is 19.1. The lowest BCUT2D eigenvalue weighted by atomic mass is 10.2. The third-order valence-electron chi connectivity index (χ3n) is 1.90. The van der Waals surface area contributed by atoms with Crippen molar-refractivity contribution in [3.8, 4) is 6.07 Å². The van der Waals surface area contributed by atoms with Crippen molar-refractivity contribution in [3.05, 3.63) is 29.6 Å². The van der Waals surface area contributed by atoms with Crippen LogP contribution in [-0.4, -0.2) is 25.7 Å². The summed E-state index contributed by atoms with van der Waals surface area (Å²) >= 11 is 0. The maximum atomic E-state index is 13.3. The van der Waals surface area contributed by atoms with Crippen LogP contribution < -0.4 is 11.1 Å². The van der Waals surface area contributed by atoms with Gasteiger partial charge in [0.1, 0.15) is 12.4 Å². The van der Waals surface area contributed by atoms with E-state index in [-0.39, 0.29) is 24.5 Å². The Bertz CT molecular complexity index is 443. The molecule has 90 valence electrons. The highest BCUT2D eigenvalue weighted by Crippen LogP contribution is 2.14. The molecular formula is C11H12FN3O2. The van der Waals surface area contributed by atoms with Gasteiger partial charge in [0.2, 0.25) is 5.91 Å². The van der Waals surface area contributed by atoms with Crippen LogP contribution >= 0.6 is 0 Å². The molecule has 0 aliphatic rings. The summed E-state index contributed by atoms with van der Waals surface area (Å²) in [7, 11) is 0. The Balaban J connectivity index is 2.37. The van der Waals surface area contributed by atoms with Gasteiger partial charge in [-0.2, -0.15) is 5.26 Å². The zero-order valence-electron chi connectivity index (χ0n) is 9.07. The monoisotopic (exact) mass is 237 g/mol. The number of ether oxygens (including phenoxy) is 1. The average molecular weight is 237 g/mol. The van der Waals surface area contributed by atoms with Crippen molar-refractivity contribution in [1.29, 1.82) is 5.26 Å². The summed E-state index contributed by atoms with van der Waals surface area (Å²) in [5, 5.41) is 11.3. The Kier molecular flexibility index (Phi) is 4.91. The smallest absolute Gasteiger partial charge is 0.243 e. The highest BCUT2D eigenvalue weighted by molar-refractivity contribution is 5.74. The number of carbonyl (C=O) groups excluding carboxylic acids is 1. The molecule has 1 aromatic carbocycles. The molecular weight excluding hydrogens is 225 g/mol. The standard InChI is InChI=1S/C11H12FN3O2/c12-9-5-8(6-13)1-2-10(9)15-3-4-17-7-11(14)16/h1-2,5,15H,3-4,7H2,(H2,14,16). The van der Waals surface area contributed by atoms with Crippen LogP contribution in [0, 0.1) is 17.1 Å². The molecule has 0 bridgehead atoms. The molecule has 17 heavy (non-hydrogen) atoms. The molecule has 6 heteroatoms. The molecule has 3 N–H and O–H groups in total. The van der Waals surface area contributed by atoms with Gasteiger partial charge in [-0.1, -0.05) is 0 Å². The summed E-state index contributed by atoms with van der Waals surface area (Å²) in [6.45, 7) is 0.427. The van der Waals surface area contributed by atoms with Crippen LogP contribution in [0.15, 0.2) is 18.2 Å². The van der Waals surface area contributed by atoms with E-state index in [9.17, 15) is 9.18 Å². The van der Waals surface area contributed by atoms with E-state index >= 15 is 0 Å². The molecule has 5 nitrogen and oxygen atoms in total. The minimum atomic E-state index is -0.547. The summed E-state index contributed by atoms with van der Waals surface area (Å²) < 4.78 is 18.2. The van der Waals surface area contributed by atoms with Gasteiger partial charge in [-0.3, -0.25) is 4.79 Å². The highest BCUT2D eigenvalue weighted by Gasteiger charge is 2.02. The molecule has 0 fully saturated rings. The van der Waals surface area contributed by atoms with Gasteiger partial charge in [0.25, 0.3) is 0 Å². The predicted octanol–water partition coefficient (Wildman–Crippen LogP) is 0.611. The van der Waals surface area contributed by atoms with E-state index < -0.39 is 11.7 Å². The fraction of sp³-hybridized carbons (Fsp3) is 0.273. The van der Waals surface area contributed by atoms with Crippen LogP contribution in [-0.2, 0) is 9.53 Å². The molecule has 0 unspecified atom stereocenters. The third-order valence-corrected chi connectivity index (χ3v) is 1.90. The fourth-order valence-corrected chi connectivity index (χ4v) is 1.16. The Morgan fingerprint density at radius 3 is 2.94 bits per heavy atom. The topological polar surface area (TPSA) is 88.1 Å². The number of anilines is 1. The molecule has 0 saturated heterocycles. The van der Waals surface area contributed by atoms with Crippen molar-refractivity contribution < 1.29 is 13.9 Å². The minimum absolute atomic E-state index is 0.155. The van der Waals surface area contributed by atoms with E-state index in [1.165, 1.54) is 12.1 Å². The number of primary amides is 1. The van der Waals surface area contributed by atoms with Crippen molar-refractivity contribution in [2.45, 2.75) is 0 Å². The first kappa shape index (κ1) is 12.9. The maximum Gasteiger partial charge on any atom is 0.243 e. The van der Waals surface area contributed by atoms with Crippen LogP contribution in [0.3, 0.4) is 0 Å². The lowest BCUT2D eigenvalue weighted by Crippen LogP contribution is -2.20. The number of benzene rings is 1. The summed E-state index contributed by atoms with van der Waals surface area (Å²) in [6.07, 6.45) is 0. The van der Waals surface area contributed by atoms with Crippen LogP contribution in [0.25, 0.3) is 0 Å². The second-order valence-electron chi connectivity index (χ2n) is 3.25. The number of rotatable bonds is 6. The van der Waals surface area contributed by atoms with E-state index in [0.29, 0.717) is 6.54 Å². The van der Waals surface area contributed by atoms with Crippen LogP contribution in [0.1, 0.15) is 5.56 Å². The van der Waals surface area contributed by atoms with E-state index in [1.807, 2.05) is 6.07 Å². The lowest BCUT2D eigenvalue weighted by molar-refractivity contribution is -0.122. The van der Waals surface area contributed by atoms with Gasteiger partial charge in [0.15, 0.2) is 0 Å². The zero-order chi connectivity index (χ0) is 12.7. The molecule has 0 aromatic heterocycles. The van der Waals surface area contributed by atoms with Gasteiger partial charge in [-0.25, -0.2) is 4.39 Å². The van der Waals surface area contributed by atoms with Gasteiger partial charge >= 0.3 is 0 Å². The molecule has 0 atom stereocenters. The van der Waals surface area contributed by atoms with Crippen LogP contribution in [0.4, 0.5) is 10.1 Å². The number of nitrogens with one attached hydrogen (secondary N) is 1. The first-order valence-corrected chi connectivity index (χ1v) is 4.93. The van der Waals surface area contributed by atoms with E-state index in [4.69, 9.17) is 15.7 Å². The number of nitrogens with zero attached hydrogens (tertiary/aromatic N) is 1. The molecule has 0 heterocycles. The Morgan fingerprint density at radius 1 is 1.59 bits per heavy atom. The third kappa shape index (κ3) is 4.49. The lowest BCUT2D eigenvalue weighted by Gasteiger charge is -2.07. The van der Waals surface area contributed by atoms with Crippen molar-refractivity contribution in [1.82, 2.24) is 0 Å². The number of amides is 1. The average Bonchev–Trinajstić information content (AvgIpc) is 2.30. The van der Waals surface area contributed by atoms with Crippen molar-refractivity contribution >= 4 is 11.6 Å². The largest absolute Gasteiger partial charge is 0.380 e. The Morgan fingerprint density at radius 2 is 2.35 bits per heavy atom. The SMILES string of the molecule is N#Cc1ccc(NCCOCC(N)=O)c(F)c1. The number of halogens is 1. The van der Waals surface area contributed by atoms with Gasteiger partial charge in [0, 0.05) is 6.54 Å². The number of nitriles is 1. The predicted molar refractivity (Wildman–Crippen MR) is 59.6 cm³/mol. The molecule has 1 rings (SSSR count). The van der Waals surface area contributed by atoms with Crippen molar-refractivity contribution in [2.75, 3.05) is 25.1 Å². The first-order chi connectivity index (χ1) is 8.13. The van der Waals surface area contributed by atoms with Crippen LogP contribution in [0.5, 0.6) is 0 Å². The van der Waals surface area contributed by atoms with E-state index in [2.05, 4.69) is 5.32 Å². The summed E-state index contributed by atoms with van der Waals surface area (Å²) in [5.74, 6) is -1.05. The normalized spacial score (nSPS) is 9.65. The number of hydrogen-bond donors (Lipinski definition) is 2. The van der Waals surface area contributed by atoms with Crippen molar-refractivity contribution in [3.63, 3.8) is 0 Å². The van der Waals surface area contributed by atoms with Gasteiger partial charge in [0.05, 0.1) is 23.9 Å². The summed E-state index contributed by atoms with van der Waals surface area (Å²) in [6, 6.07) is 5.97. The van der Waals surface area contributed by atoms with E-state index in [1.54, 1.807) is 0 Å². The second kappa shape index (κ2) is 6.45. The molecule has 0 saturated carbocycles. The second-order valence-corrected chi connectivity index (χ2v) is 3.25. The molecule has 1 aromatic rings. The molecule has 0 radical (unpaired) electrons. The minimum Gasteiger partial charge on any atom is -0.380 e. The molecule has 0 aliphatic heterocycles. The number of carbonyl (C=O) groups is 1. The van der Waals surface area contributed by atoms with Gasteiger partial charge < -0.3 is 15.8 Å². The molecule has 0 aliphatic carbocycles. The quantitative estimate of drug-likeness (QED) is 0.709. The number of hydrogen-bond acceptors (Lipinski definition) is 4. The van der Waals surface area contributed by atoms with Gasteiger partial charge in [-0.05, 0) is 18.2 Å². The Labute approximate surface area is 98.0 Å². The van der Waals surface area contributed by atoms with Crippen molar-refractivity contribution in [2.24, 2.45) is 5.73 Å². The summed E-state index contributed by atoms with van der Waals surface area (Å²) in [4.78, 5) is 10.3. The maximum absolute atomic E-state index is 13.3. The number of nitrogens with two attached hydrogens (primary N) is 1. The van der Waals surface area contributed by atoms with Crippen LogP contribution in [0.2, 0.25) is 0 Å². The molecule has 1 amide bonds. The first-order valence-electron chi connectivity index (χ1n) is 4.93. The van der Waals surface area contributed by atoms with Gasteiger partial charge in [-0.15, -0.1) is 0 Å². The summed E-state index contributed by atoms with van der Waals surface area (Å²) in [5.41, 5.74) is 5.41.